The maximum atomic E-state index is 11.6. The zero-order valence-electron chi connectivity index (χ0n) is 9.19. The van der Waals surface area contributed by atoms with Gasteiger partial charge in [0.2, 0.25) is 0 Å². The monoisotopic (exact) mass is 216 g/mol. The Balaban J connectivity index is 2.27. The molecule has 0 fully saturated rings. The van der Waals surface area contributed by atoms with E-state index in [9.17, 15) is 4.79 Å². The number of fused-ring (bicyclic) bond motifs is 5. The topological polar surface area (TPSA) is 35.5 Å². The first-order valence-electron chi connectivity index (χ1n) is 5.28. The molecular weight excluding hydrogens is 204 g/mol. The quantitative estimate of drug-likeness (QED) is 0.563. The fourth-order valence-corrected chi connectivity index (χ4v) is 2.48. The summed E-state index contributed by atoms with van der Waals surface area (Å²) in [6, 6.07) is 3.66. The third-order valence-electron chi connectivity index (χ3n) is 3.17. The summed E-state index contributed by atoms with van der Waals surface area (Å²) in [5.74, 6) is 0.875. The van der Waals surface area contributed by atoms with Gasteiger partial charge in [0.15, 0.2) is 5.78 Å². The average molecular weight is 216 g/mol. The van der Waals surface area contributed by atoms with Gasteiger partial charge in [-0.3, -0.25) is 4.79 Å². The number of ketones is 1. The lowest BCUT2D eigenvalue weighted by Crippen LogP contribution is -2.05. The second-order valence-corrected chi connectivity index (χ2v) is 4.06. The van der Waals surface area contributed by atoms with E-state index in [0.29, 0.717) is 0 Å². The first-order valence-corrected chi connectivity index (χ1v) is 5.28. The molecule has 0 saturated carbocycles. The van der Waals surface area contributed by atoms with Gasteiger partial charge in [-0.1, -0.05) is 12.2 Å². The second-order valence-electron chi connectivity index (χ2n) is 4.06. The molecule has 0 N–H and O–H groups in total. The third-order valence-corrected chi connectivity index (χ3v) is 3.17. The maximum Gasteiger partial charge on any atom is 0.160 e. The zero-order chi connectivity index (χ0) is 11.3. The molecule has 1 aromatic rings. The zero-order valence-corrected chi connectivity index (χ0v) is 9.19. The Bertz CT molecular complexity index is 502. The third kappa shape index (κ3) is 1.09. The number of carbonyl (C=O) groups is 1. The first kappa shape index (κ1) is 9.60. The normalized spacial score (nSPS) is 24.6. The Kier molecular flexibility index (Phi) is 1.91. The van der Waals surface area contributed by atoms with Crippen molar-refractivity contribution in [3.8, 4) is 5.75 Å². The van der Waals surface area contributed by atoms with E-state index in [2.05, 4.69) is 0 Å². The van der Waals surface area contributed by atoms with E-state index in [-0.39, 0.29) is 18.0 Å². The van der Waals surface area contributed by atoms with E-state index in [1.54, 1.807) is 14.0 Å². The Morgan fingerprint density at radius 2 is 1.94 bits per heavy atom. The fraction of sp³-hybridized carbons (Fsp3) is 0.308. The molecule has 2 unspecified atom stereocenters. The molecule has 0 spiro atoms. The van der Waals surface area contributed by atoms with Crippen molar-refractivity contribution in [3.05, 3.63) is 41.0 Å². The van der Waals surface area contributed by atoms with Crippen LogP contribution in [0.3, 0.4) is 0 Å². The lowest BCUT2D eigenvalue weighted by molar-refractivity contribution is 0.0857. The minimum atomic E-state index is -0.0750. The Morgan fingerprint density at radius 3 is 2.56 bits per heavy atom. The fourth-order valence-electron chi connectivity index (χ4n) is 2.48. The summed E-state index contributed by atoms with van der Waals surface area (Å²) in [6.07, 6.45) is 3.89. The molecule has 2 aliphatic rings. The molecule has 82 valence electrons. The van der Waals surface area contributed by atoms with Crippen molar-refractivity contribution in [1.29, 1.82) is 0 Å². The van der Waals surface area contributed by atoms with Gasteiger partial charge in [0.1, 0.15) is 18.0 Å². The molecule has 0 aliphatic carbocycles. The van der Waals surface area contributed by atoms with E-state index in [0.717, 1.165) is 22.4 Å². The molecule has 2 aliphatic heterocycles. The molecular formula is C13H12O3. The van der Waals surface area contributed by atoms with Crippen molar-refractivity contribution in [2.24, 2.45) is 0 Å². The standard InChI is InChI=1S/C13H12O3/c1-7(14)8-3-4-9(15-2)13-11-6-5-10(16-11)12(8)13/h3-6,10-11H,1-2H3. The summed E-state index contributed by atoms with van der Waals surface area (Å²) in [5.41, 5.74) is 2.75. The molecule has 3 heteroatoms. The summed E-state index contributed by atoms with van der Waals surface area (Å²) in [6.45, 7) is 1.58. The smallest absolute Gasteiger partial charge is 0.160 e. The lowest BCUT2D eigenvalue weighted by Gasteiger charge is -2.14. The number of benzene rings is 1. The molecule has 3 rings (SSSR count). The summed E-state index contributed by atoms with van der Waals surface area (Å²) in [7, 11) is 1.64. The molecule has 2 bridgehead atoms. The summed E-state index contributed by atoms with van der Waals surface area (Å²) in [5, 5.41) is 0. The number of hydrogen-bond donors (Lipinski definition) is 0. The summed E-state index contributed by atoms with van der Waals surface area (Å²) >= 11 is 0. The van der Waals surface area contributed by atoms with E-state index in [4.69, 9.17) is 9.47 Å². The Labute approximate surface area is 93.7 Å². The van der Waals surface area contributed by atoms with Crippen LogP contribution in [0.15, 0.2) is 24.3 Å². The molecule has 0 amide bonds. The van der Waals surface area contributed by atoms with Crippen LogP contribution in [0.1, 0.15) is 40.6 Å². The maximum absolute atomic E-state index is 11.6. The number of ether oxygens (including phenoxy) is 2. The number of hydrogen-bond acceptors (Lipinski definition) is 3. The molecule has 3 nitrogen and oxygen atoms in total. The van der Waals surface area contributed by atoms with Crippen molar-refractivity contribution in [3.63, 3.8) is 0 Å². The molecule has 16 heavy (non-hydrogen) atoms. The molecule has 0 radical (unpaired) electrons. The lowest BCUT2D eigenvalue weighted by atomic mass is 9.90. The number of carbonyl (C=O) groups excluding carboxylic acids is 1. The van der Waals surface area contributed by atoms with Crippen molar-refractivity contribution in [2.45, 2.75) is 19.1 Å². The van der Waals surface area contributed by atoms with Gasteiger partial charge in [0, 0.05) is 16.7 Å². The predicted octanol–water partition coefficient (Wildman–Crippen LogP) is 2.58. The van der Waals surface area contributed by atoms with Crippen LogP contribution >= 0.6 is 0 Å². The SMILES string of the molecule is COc1ccc(C(C)=O)c2c1C1C=CC2O1. The summed E-state index contributed by atoms with van der Waals surface area (Å²) < 4.78 is 11.1. The van der Waals surface area contributed by atoms with Gasteiger partial charge in [0.05, 0.1) is 7.11 Å². The first-order chi connectivity index (χ1) is 7.72. The van der Waals surface area contributed by atoms with Crippen LogP contribution in [0.25, 0.3) is 0 Å². The van der Waals surface area contributed by atoms with Crippen LogP contribution in [-0.2, 0) is 4.74 Å². The highest BCUT2D eigenvalue weighted by Gasteiger charge is 2.38. The van der Waals surface area contributed by atoms with Crippen LogP contribution in [0.4, 0.5) is 0 Å². The van der Waals surface area contributed by atoms with Crippen molar-refractivity contribution in [1.82, 2.24) is 0 Å². The van der Waals surface area contributed by atoms with Crippen LogP contribution in [-0.4, -0.2) is 12.9 Å². The van der Waals surface area contributed by atoms with E-state index in [1.165, 1.54) is 0 Å². The van der Waals surface area contributed by atoms with Gasteiger partial charge >= 0.3 is 0 Å². The van der Waals surface area contributed by atoms with Gasteiger partial charge in [-0.25, -0.2) is 0 Å². The van der Waals surface area contributed by atoms with Gasteiger partial charge in [-0.2, -0.15) is 0 Å². The molecule has 0 saturated heterocycles. The highest BCUT2D eigenvalue weighted by atomic mass is 16.5. The molecule has 2 heterocycles. The number of rotatable bonds is 2. The number of methoxy groups -OCH3 is 1. The Morgan fingerprint density at radius 1 is 1.25 bits per heavy atom. The van der Waals surface area contributed by atoms with Gasteiger partial charge in [-0.15, -0.1) is 0 Å². The molecule has 0 aromatic heterocycles. The van der Waals surface area contributed by atoms with E-state index >= 15 is 0 Å². The van der Waals surface area contributed by atoms with Gasteiger partial charge in [0.25, 0.3) is 0 Å². The largest absolute Gasteiger partial charge is 0.496 e. The van der Waals surface area contributed by atoms with Crippen LogP contribution in [0.2, 0.25) is 0 Å². The van der Waals surface area contributed by atoms with E-state index < -0.39 is 0 Å². The van der Waals surface area contributed by atoms with Crippen molar-refractivity contribution in [2.75, 3.05) is 7.11 Å². The van der Waals surface area contributed by atoms with E-state index in [1.807, 2.05) is 24.3 Å². The molecule has 2 atom stereocenters. The minimum absolute atomic E-state index is 0.0470. The average Bonchev–Trinajstić information content (AvgIpc) is 2.88. The number of Topliss-reactive ketones (excluding diaryl/α,β-unsaturated/α-hetero) is 1. The van der Waals surface area contributed by atoms with Crippen molar-refractivity contribution < 1.29 is 14.3 Å². The van der Waals surface area contributed by atoms with Crippen LogP contribution in [0.5, 0.6) is 5.75 Å². The Hall–Kier alpha value is -1.61. The van der Waals surface area contributed by atoms with Gasteiger partial charge in [-0.05, 0) is 19.1 Å². The highest BCUT2D eigenvalue weighted by molar-refractivity contribution is 5.96. The predicted molar refractivity (Wildman–Crippen MR) is 58.7 cm³/mol. The van der Waals surface area contributed by atoms with Gasteiger partial charge < -0.3 is 9.47 Å². The molecule has 1 aromatic carbocycles. The van der Waals surface area contributed by atoms with Crippen molar-refractivity contribution >= 4 is 5.78 Å². The van der Waals surface area contributed by atoms with Crippen LogP contribution in [0, 0.1) is 0 Å². The second kappa shape index (κ2) is 3.19. The highest BCUT2D eigenvalue weighted by Crippen LogP contribution is 2.50. The summed E-state index contributed by atoms with van der Waals surface area (Å²) in [4.78, 5) is 11.6. The minimum Gasteiger partial charge on any atom is -0.496 e. The van der Waals surface area contributed by atoms with Crippen LogP contribution < -0.4 is 4.74 Å².